The van der Waals surface area contributed by atoms with E-state index in [2.05, 4.69) is 54.5 Å². The van der Waals surface area contributed by atoms with Gasteiger partial charge in [-0.1, -0.05) is 74.7 Å². The van der Waals surface area contributed by atoms with Gasteiger partial charge in [0.2, 0.25) is 8.32 Å². The van der Waals surface area contributed by atoms with Gasteiger partial charge in [0.1, 0.15) is 0 Å². The van der Waals surface area contributed by atoms with Gasteiger partial charge in [-0.05, 0) is 61.6 Å². The molecule has 7 heteroatoms. The third-order valence-electron chi connectivity index (χ3n) is 8.49. The van der Waals surface area contributed by atoms with Crippen LogP contribution in [0.15, 0.2) is 11.8 Å². The highest BCUT2D eigenvalue weighted by atomic mass is 28.4. The second-order valence-electron chi connectivity index (χ2n) is 10.6. The smallest absolute Gasteiger partial charge is 0.306 e. The van der Waals surface area contributed by atoms with Crippen LogP contribution in [0.25, 0.3) is 0 Å². The van der Waals surface area contributed by atoms with Gasteiger partial charge in [-0.15, -0.1) is 0 Å². The molecule has 0 N–H and O–H groups in total. The second kappa shape index (κ2) is 16.8. The van der Waals surface area contributed by atoms with Gasteiger partial charge in [0.25, 0.3) is 0 Å². The van der Waals surface area contributed by atoms with Crippen LogP contribution in [0.4, 0.5) is 0 Å². The topological polar surface area (TPSA) is 61.8 Å². The van der Waals surface area contributed by atoms with Gasteiger partial charge < -0.3 is 13.6 Å². The summed E-state index contributed by atoms with van der Waals surface area (Å²) in [6.45, 7) is 17.5. The maximum atomic E-state index is 13.4. The number of allylic oxidation sites excluding steroid dienone is 1. The number of ether oxygens (including phenoxy) is 1. The third kappa shape index (κ3) is 9.12. The van der Waals surface area contributed by atoms with Crippen molar-refractivity contribution in [1.82, 2.24) is 0 Å². The molecule has 0 aliphatic heterocycles. The van der Waals surface area contributed by atoms with Crippen molar-refractivity contribution in [3.05, 3.63) is 11.8 Å². The van der Waals surface area contributed by atoms with Crippen LogP contribution < -0.4 is 0 Å². The minimum Gasteiger partial charge on any atom is -0.546 e. The highest BCUT2D eigenvalue weighted by molar-refractivity contribution is 6.74. The molecule has 36 heavy (non-hydrogen) atoms. The molecule has 5 nitrogen and oxygen atoms in total. The number of rotatable bonds is 19. The number of unbranched alkanes of at least 4 members (excludes halogenated alkanes) is 4. The van der Waals surface area contributed by atoms with Crippen molar-refractivity contribution in [2.45, 2.75) is 155 Å². The predicted octanol–water partition coefficient (Wildman–Crippen LogP) is 8.55. The molecule has 1 rings (SSSR count). The molecule has 0 radical (unpaired) electrons. The van der Waals surface area contributed by atoms with E-state index in [1.165, 1.54) is 19.3 Å². The second-order valence-corrected chi connectivity index (χ2v) is 20.0. The molecule has 1 fully saturated rings. The van der Waals surface area contributed by atoms with Crippen LogP contribution in [0.1, 0.15) is 107 Å². The normalized spacial score (nSPS) is 21.2. The highest BCUT2D eigenvalue weighted by Gasteiger charge is 2.51. The lowest BCUT2D eigenvalue weighted by atomic mass is 9.99. The van der Waals surface area contributed by atoms with Gasteiger partial charge in [0.05, 0.1) is 17.8 Å². The van der Waals surface area contributed by atoms with Crippen LogP contribution in [0.3, 0.4) is 0 Å². The number of hydrogen-bond donors (Lipinski definition) is 0. The fourth-order valence-electron chi connectivity index (χ4n) is 5.43. The predicted molar refractivity (Wildman–Crippen MR) is 155 cm³/mol. The van der Waals surface area contributed by atoms with E-state index < -0.39 is 22.7 Å². The van der Waals surface area contributed by atoms with Crippen LogP contribution in [0.5, 0.6) is 0 Å². The van der Waals surface area contributed by atoms with Crippen molar-refractivity contribution >= 4 is 28.4 Å². The Balaban J connectivity index is 3.50. The molecule has 1 saturated carbocycles. The SMILES string of the molecule is CCCCCC/C=C(\O[Si](CC)(CC)CC)C1C(O[Si](CC)(CC)CC)CC(=O)C1OC(=O)CCC. The number of ketones is 1. The van der Waals surface area contributed by atoms with Crippen LogP contribution >= 0.6 is 0 Å². The highest BCUT2D eigenvalue weighted by Crippen LogP contribution is 2.41. The molecule has 1 aliphatic rings. The van der Waals surface area contributed by atoms with Crippen LogP contribution in [0.2, 0.25) is 36.3 Å². The standard InChI is InChI=1S/C29H56O5Si2/c1-9-17-18-19-20-22-25(33-35(11-3,12-4)13-5)28-26(34-36(14-6,15-7)16-8)23-24(30)29(28)32-27(31)21-10-2/h22,26,28-29H,9-21,23H2,1-8H3/b25-22-. The largest absolute Gasteiger partial charge is 0.546 e. The zero-order chi connectivity index (χ0) is 27.2. The Morgan fingerprint density at radius 2 is 1.42 bits per heavy atom. The van der Waals surface area contributed by atoms with E-state index in [4.69, 9.17) is 13.6 Å². The van der Waals surface area contributed by atoms with Gasteiger partial charge in [0, 0.05) is 12.8 Å². The van der Waals surface area contributed by atoms with Crippen molar-refractivity contribution in [3.63, 3.8) is 0 Å². The van der Waals surface area contributed by atoms with E-state index in [9.17, 15) is 9.59 Å². The van der Waals surface area contributed by atoms with Crippen molar-refractivity contribution in [3.8, 4) is 0 Å². The molecule has 1 aliphatic carbocycles. The summed E-state index contributed by atoms with van der Waals surface area (Å²) >= 11 is 0. The molecule has 0 aromatic carbocycles. The number of esters is 1. The van der Waals surface area contributed by atoms with E-state index in [-0.39, 0.29) is 23.8 Å². The average Bonchev–Trinajstić information content (AvgIpc) is 3.18. The van der Waals surface area contributed by atoms with Gasteiger partial charge >= 0.3 is 5.97 Å². The molecule has 3 unspecified atom stereocenters. The van der Waals surface area contributed by atoms with Crippen LogP contribution in [-0.2, 0) is 23.2 Å². The summed E-state index contributed by atoms with van der Waals surface area (Å²) < 4.78 is 19.9. The molecule has 0 aromatic heterocycles. The summed E-state index contributed by atoms with van der Waals surface area (Å²) in [6.07, 6.45) is 8.12. The minimum absolute atomic E-state index is 0.0158. The van der Waals surface area contributed by atoms with E-state index in [1.54, 1.807) is 0 Å². The monoisotopic (exact) mass is 540 g/mol. The lowest BCUT2D eigenvalue weighted by molar-refractivity contribution is -0.156. The zero-order valence-corrected chi connectivity index (χ0v) is 26.8. The van der Waals surface area contributed by atoms with Gasteiger partial charge in [0.15, 0.2) is 20.2 Å². The molecule has 3 atom stereocenters. The molecule has 0 heterocycles. The summed E-state index contributed by atoms with van der Waals surface area (Å²) in [5, 5.41) is 0. The average molecular weight is 541 g/mol. The first kappa shape index (κ1) is 33.1. The number of hydrogen-bond acceptors (Lipinski definition) is 5. The van der Waals surface area contributed by atoms with E-state index in [0.717, 1.165) is 54.9 Å². The van der Waals surface area contributed by atoms with Gasteiger partial charge in [-0.3, -0.25) is 9.59 Å². The van der Waals surface area contributed by atoms with Crippen molar-refractivity contribution in [1.29, 1.82) is 0 Å². The summed E-state index contributed by atoms with van der Waals surface area (Å²) in [4.78, 5) is 26.0. The first-order valence-electron chi connectivity index (χ1n) is 15.0. The molecule has 0 amide bonds. The maximum absolute atomic E-state index is 13.4. The molecular formula is C29H56O5Si2. The zero-order valence-electron chi connectivity index (χ0n) is 24.8. The molecule has 0 aromatic rings. The first-order valence-corrected chi connectivity index (χ1v) is 20.1. The molecule has 0 spiro atoms. The van der Waals surface area contributed by atoms with Gasteiger partial charge in [-0.2, -0.15) is 0 Å². The quantitative estimate of drug-likeness (QED) is 0.0710. The fraction of sp³-hybridized carbons (Fsp3) is 0.862. The molecule has 210 valence electrons. The fourth-order valence-corrected chi connectivity index (χ4v) is 11.0. The van der Waals surface area contributed by atoms with Crippen molar-refractivity contribution in [2.75, 3.05) is 0 Å². The van der Waals surface area contributed by atoms with E-state index >= 15 is 0 Å². The lowest BCUT2D eigenvalue weighted by Gasteiger charge is -2.38. The molecule has 0 saturated heterocycles. The number of carbonyl (C=O) groups excluding carboxylic acids is 2. The van der Waals surface area contributed by atoms with E-state index in [0.29, 0.717) is 19.3 Å². The number of Topliss-reactive ketones (excluding diaryl/α,β-unsaturated/α-hetero) is 1. The van der Waals surface area contributed by atoms with Gasteiger partial charge in [-0.25, -0.2) is 0 Å². The third-order valence-corrected chi connectivity index (χ3v) is 17.7. The molecule has 0 bridgehead atoms. The summed E-state index contributed by atoms with van der Waals surface area (Å²) in [5.41, 5.74) is 0. The Kier molecular flexibility index (Phi) is 15.5. The Bertz CT molecular complexity index is 669. The summed E-state index contributed by atoms with van der Waals surface area (Å²) in [7, 11) is -3.99. The number of carbonyl (C=O) groups is 2. The van der Waals surface area contributed by atoms with Crippen LogP contribution in [0, 0.1) is 5.92 Å². The van der Waals surface area contributed by atoms with E-state index in [1.807, 2.05) is 6.92 Å². The lowest BCUT2D eigenvalue weighted by Crippen LogP contribution is -2.45. The van der Waals surface area contributed by atoms with Crippen molar-refractivity contribution < 1.29 is 23.2 Å². The Morgan fingerprint density at radius 1 is 0.833 bits per heavy atom. The maximum Gasteiger partial charge on any atom is 0.306 e. The Morgan fingerprint density at radius 3 is 1.92 bits per heavy atom. The summed E-state index contributed by atoms with van der Waals surface area (Å²) in [5.74, 6) is 0.231. The van der Waals surface area contributed by atoms with Crippen molar-refractivity contribution in [2.24, 2.45) is 5.92 Å². The minimum atomic E-state index is -2.01. The van der Waals surface area contributed by atoms with Crippen LogP contribution in [-0.4, -0.2) is 40.6 Å². The first-order chi connectivity index (χ1) is 17.2. The Labute approximate surface area is 224 Å². The summed E-state index contributed by atoms with van der Waals surface area (Å²) in [6, 6.07) is 6.14. The molecular weight excluding hydrogens is 484 g/mol. The Hall–Kier alpha value is -0.926.